The van der Waals surface area contributed by atoms with Crippen LogP contribution >= 0.6 is 0 Å². The summed E-state index contributed by atoms with van der Waals surface area (Å²) < 4.78 is 2.14. The van der Waals surface area contributed by atoms with E-state index in [1.165, 1.54) is 32.1 Å². The summed E-state index contributed by atoms with van der Waals surface area (Å²) in [6.45, 7) is 2.02. The number of carbonyl (C=O) groups is 1. The van der Waals surface area contributed by atoms with Gasteiger partial charge in [-0.2, -0.15) is 0 Å². The van der Waals surface area contributed by atoms with Gasteiger partial charge >= 0.3 is 0 Å². The van der Waals surface area contributed by atoms with Crippen molar-refractivity contribution in [3.63, 3.8) is 0 Å². The fraction of sp³-hybridized carbons (Fsp3) is 0.650. The molecule has 0 saturated heterocycles. The van der Waals surface area contributed by atoms with E-state index in [0.717, 1.165) is 41.9 Å². The van der Waals surface area contributed by atoms with Gasteiger partial charge in [-0.1, -0.05) is 33.1 Å². The van der Waals surface area contributed by atoms with Crippen molar-refractivity contribution in [2.45, 2.75) is 78.2 Å². The molecule has 2 fully saturated rings. The van der Waals surface area contributed by atoms with Crippen LogP contribution in [0.25, 0.3) is 11.2 Å². The second kappa shape index (κ2) is 7.54. The number of carbonyl (C=O) groups excluding carboxylic acids is 1. The van der Waals surface area contributed by atoms with Crippen molar-refractivity contribution in [1.29, 1.82) is 0 Å². The largest absolute Gasteiger partial charge is 0.296 e. The highest BCUT2D eigenvalue weighted by Gasteiger charge is 2.26. The molecule has 5 nitrogen and oxygen atoms in total. The molecule has 0 unspecified atom stereocenters. The summed E-state index contributed by atoms with van der Waals surface area (Å²) in [5.74, 6) is 1.52. The Morgan fingerprint density at radius 3 is 2.68 bits per heavy atom. The maximum Gasteiger partial charge on any atom is 0.226 e. The molecule has 136 valence electrons. The van der Waals surface area contributed by atoms with Gasteiger partial charge in [-0.3, -0.25) is 14.7 Å². The summed E-state index contributed by atoms with van der Waals surface area (Å²) in [6, 6.07) is 2.47. The van der Waals surface area contributed by atoms with Crippen LogP contribution in [0.15, 0.2) is 12.3 Å². The van der Waals surface area contributed by atoms with Crippen LogP contribution < -0.4 is 5.32 Å². The SMILES string of the molecule is C.Cc1cnc2c(c1)nc(NC(=O)CCC1CCCC1)n2C1CCC1. The van der Waals surface area contributed by atoms with E-state index >= 15 is 0 Å². The molecule has 0 aliphatic heterocycles. The zero-order valence-corrected chi connectivity index (χ0v) is 14.4. The summed E-state index contributed by atoms with van der Waals surface area (Å²) in [7, 11) is 0. The van der Waals surface area contributed by atoms with Crippen LogP contribution in [-0.4, -0.2) is 20.4 Å². The van der Waals surface area contributed by atoms with Crippen LogP contribution in [0.3, 0.4) is 0 Å². The predicted molar refractivity (Wildman–Crippen MR) is 102 cm³/mol. The molecule has 2 heterocycles. The van der Waals surface area contributed by atoms with Gasteiger partial charge in [-0.15, -0.1) is 0 Å². The number of imidazole rings is 1. The van der Waals surface area contributed by atoms with Crippen molar-refractivity contribution < 1.29 is 4.79 Å². The quantitative estimate of drug-likeness (QED) is 0.831. The highest BCUT2D eigenvalue weighted by atomic mass is 16.1. The Bertz CT molecular complexity index is 741. The predicted octanol–water partition coefficient (Wildman–Crippen LogP) is 5.01. The number of hydrogen-bond donors (Lipinski definition) is 1. The molecule has 2 aliphatic rings. The van der Waals surface area contributed by atoms with Gasteiger partial charge in [0, 0.05) is 18.7 Å². The number of pyridine rings is 1. The van der Waals surface area contributed by atoms with E-state index in [1.807, 2.05) is 19.2 Å². The fourth-order valence-corrected chi connectivity index (χ4v) is 3.98. The number of rotatable bonds is 5. The highest BCUT2D eigenvalue weighted by Crippen LogP contribution is 2.36. The molecule has 2 saturated carbocycles. The van der Waals surface area contributed by atoms with Crippen molar-refractivity contribution in [1.82, 2.24) is 14.5 Å². The fourth-order valence-electron chi connectivity index (χ4n) is 3.98. The third kappa shape index (κ3) is 3.70. The number of aryl methyl sites for hydroxylation is 1. The second-order valence-electron chi connectivity index (χ2n) is 7.48. The number of nitrogens with zero attached hydrogens (tertiary/aromatic N) is 3. The van der Waals surface area contributed by atoms with Crippen LogP contribution in [-0.2, 0) is 4.79 Å². The van der Waals surface area contributed by atoms with Crippen LogP contribution in [0.2, 0.25) is 0 Å². The van der Waals surface area contributed by atoms with E-state index in [4.69, 9.17) is 0 Å². The van der Waals surface area contributed by atoms with E-state index in [1.54, 1.807) is 0 Å². The average molecular weight is 342 g/mol. The Hall–Kier alpha value is -1.91. The van der Waals surface area contributed by atoms with Crippen LogP contribution in [0.4, 0.5) is 5.95 Å². The maximum absolute atomic E-state index is 12.4. The van der Waals surface area contributed by atoms with E-state index in [2.05, 4.69) is 19.9 Å². The molecule has 5 heteroatoms. The molecular formula is C20H30N4O. The summed E-state index contributed by atoms with van der Waals surface area (Å²) in [6.07, 6.45) is 12.3. The van der Waals surface area contributed by atoms with E-state index in [-0.39, 0.29) is 13.3 Å². The van der Waals surface area contributed by atoms with Gasteiger partial charge in [-0.25, -0.2) is 9.97 Å². The summed E-state index contributed by atoms with van der Waals surface area (Å²) >= 11 is 0. The molecule has 0 aromatic carbocycles. The van der Waals surface area contributed by atoms with Crippen molar-refractivity contribution >= 4 is 23.0 Å². The Balaban J connectivity index is 0.00000182. The lowest BCUT2D eigenvalue weighted by Gasteiger charge is -2.28. The zero-order chi connectivity index (χ0) is 16.5. The second-order valence-corrected chi connectivity index (χ2v) is 7.48. The minimum Gasteiger partial charge on any atom is -0.296 e. The Kier molecular flexibility index (Phi) is 5.40. The van der Waals surface area contributed by atoms with Crippen LogP contribution in [0.1, 0.15) is 76.8 Å². The number of anilines is 1. The van der Waals surface area contributed by atoms with Crippen molar-refractivity contribution in [3.8, 4) is 0 Å². The maximum atomic E-state index is 12.4. The molecule has 1 amide bonds. The van der Waals surface area contributed by atoms with Crippen LogP contribution in [0.5, 0.6) is 0 Å². The Morgan fingerprint density at radius 1 is 1.24 bits per heavy atom. The summed E-state index contributed by atoms with van der Waals surface area (Å²) in [4.78, 5) is 21.6. The lowest BCUT2D eigenvalue weighted by atomic mass is 9.93. The number of amides is 1. The third-order valence-corrected chi connectivity index (χ3v) is 5.61. The molecule has 2 aromatic rings. The molecule has 2 aliphatic carbocycles. The molecule has 0 spiro atoms. The third-order valence-electron chi connectivity index (χ3n) is 5.61. The smallest absolute Gasteiger partial charge is 0.226 e. The topological polar surface area (TPSA) is 59.8 Å². The van der Waals surface area contributed by atoms with E-state index in [0.29, 0.717) is 18.4 Å². The molecule has 4 rings (SSSR count). The average Bonchev–Trinajstić information content (AvgIpc) is 3.12. The lowest BCUT2D eigenvalue weighted by molar-refractivity contribution is -0.116. The first kappa shape index (κ1) is 17.9. The van der Waals surface area contributed by atoms with Crippen molar-refractivity contribution in [2.24, 2.45) is 5.92 Å². The van der Waals surface area contributed by atoms with Gasteiger partial charge in [0.05, 0.1) is 0 Å². The summed E-state index contributed by atoms with van der Waals surface area (Å²) in [5, 5.41) is 3.07. The summed E-state index contributed by atoms with van der Waals surface area (Å²) in [5.41, 5.74) is 2.88. The first-order chi connectivity index (χ1) is 11.7. The van der Waals surface area contributed by atoms with Gasteiger partial charge in [0.1, 0.15) is 5.52 Å². The molecule has 1 N–H and O–H groups in total. The van der Waals surface area contributed by atoms with E-state index in [9.17, 15) is 4.79 Å². The van der Waals surface area contributed by atoms with Crippen molar-refractivity contribution in [2.75, 3.05) is 5.32 Å². The monoisotopic (exact) mass is 342 g/mol. The van der Waals surface area contributed by atoms with E-state index < -0.39 is 0 Å². The number of nitrogens with one attached hydrogen (secondary N) is 1. The molecule has 2 aromatic heterocycles. The molecule has 0 radical (unpaired) electrons. The first-order valence-electron chi connectivity index (χ1n) is 9.35. The Morgan fingerprint density at radius 2 is 2.00 bits per heavy atom. The van der Waals surface area contributed by atoms with Gasteiger partial charge in [0.15, 0.2) is 5.65 Å². The van der Waals surface area contributed by atoms with Crippen LogP contribution in [0, 0.1) is 12.8 Å². The highest BCUT2D eigenvalue weighted by molar-refractivity contribution is 5.91. The molecule has 0 bridgehead atoms. The molecule has 25 heavy (non-hydrogen) atoms. The van der Waals surface area contributed by atoms with Gasteiger partial charge in [-0.05, 0) is 50.2 Å². The standard InChI is InChI=1S/C19H26N4O.CH4/c1-13-11-16-18(20-12-13)23(15-7-4-8-15)19(21-16)22-17(24)10-9-14-5-2-3-6-14;/h11-12,14-15H,2-10H2,1H3,(H,21,22,24);1H4. The first-order valence-corrected chi connectivity index (χ1v) is 9.35. The number of hydrogen-bond acceptors (Lipinski definition) is 3. The van der Waals surface area contributed by atoms with Gasteiger partial charge in [0.25, 0.3) is 0 Å². The Labute approximate surface area is 150 Å². The van der Waals surface area contributed by atoms with Gasteiger partial charge in [0.2, 0.25) is 11.9 Å². The van der Waals surface area contributed by atoms with Gasteiger partial charge < -0.3 is 0 Å². The lowest BCUT2D eigenvalue weighted by Crippen LogP contribution is -2.22. The minimum atomic E-state index is 0. The van der Waals surface area contributed by atoms with Crippen molar-refractivity contribution in [3.05, 3.63) is 17.8 Å². The molecule has 0 atom stereocenters. The number of fused-ring (bicyclic) bond motifs is 1. The number of aromatic nitrogens is 3. The zero-order valence-electron chi connectivity index (χ0n) is 14.4. The normalized spacial score (nSPS) is 18.1. The molecular weight excluding hydrogens is 312 g/mol. The minimum absolute atomic E-state index is 0.